The number of carbonyl (C=O) groups excluding carboxylic acids is 2. The Kier molecular flexibility index (Phi) is 5.93. The predicted molar refractivity (Wildman–Crippen MR) is 103 cm³/mol. The molecule has 2 heterocycles. The maximum atomic E-state index is 12.7. The van der Waals surface area contributed by atoms with Gasteiger partial charge in [0.15, 0.2) is 0 Å². The molecule has 0 radical (unpaired) electrons. The number of thiophene rings is 1. The minimum atomic E-state index is -3.55. The lowest BCUT2D eigenvalue weighted by molar-refractivity contribution is -0.126. The summed E-state index contributed by atoms with van der Waals surface area (Å²) in [5, 5.41) is 3.47. The van der Waals surface area contributed by atoms with Gasteiger partial charge in [-0.2, -0.15) is 15.6 Å². The van der Waals surface area contributed by atoms with E-state index in [0.717, 1.165) is 5.56 Å². The third kappa shape index (κ3) is 4.55. The van der Waals surface area contributed by atoms with Crippen molar-refractivity contribution in [2.45, 2.75) is 24.7 Å². The van der Waals surface area contributed by atoms with Gasteiger partial charge in [0.05, 0.1) is 10.5 Å². The van der Waals surface area contributed by atoms with E-state index in [0.29, 0.717) is 18.4 Å². The molecule has 0 aliphatic carbocycles. The Balaban J connectivity index is 1.53. The lowest BCUT2D eigenvalue weighted by Crippen LogP contribution is -2.48. The molecule has 2 amide bonds. The van der Waals surface area contributed by atoms with Gasteiger partial charge in [0.25, 0.3) is 5.91 Å². The molecule has 27 heavy (non-hydrogen) atoms. The highest BCUT2D eigenvalue weighted by Gasteiger charge is 2.32. The first-order chi connectivity index (χ1) is 12.9. The number of amides is 2. The third-order valence-electron chi connectivity index (χ3n) is 4.57. The molecule has 0 spiro atoms. The first-order valence-electron chi connectivity index (χ1n) is 8.57. The molecule has 1 saturated heterocycles. The summed E-state index contributed by atoms with van der Waals surface area (Å²) >= 11 is 1.40. The normalized spacial score (nSPS) is 16.0. The van der Waals surface area contributed by atoms with Gasteiger partial charge in [0.2, 0.25) is 15.9 Å². The van der Waals surface area contributed by atoms with Crippen molar-refractivity contribution in [1.82, 2.24) is 15.2 Å². The molecule has 2 N–H and O–H groups in total. The predicted octanol–water partition coefficient (Wildman–Crippen LogP) is 1.92. The zero-order valence-corrected chi connectivity index (χ0v) is 16.5. The lowest BCUT2D eigenvalue weighted by atomic mass is 9.98. The highest BCUT2D eigenvalue weighted by Crippen LogP contribution is 2.24. The number of hydrazine groups is 1. The van der Waals surface area contributed by atoms with E-state index in [1.165, 1.54) is 15.6 Å². The number of nitrogens with zero attached hydrogens (tertiary/aromatic N) is 1. The second-order valence-electron chi connectivity index (χ2n) is 6.45. The average molecular weight is 408 g/mol. The molecule has 2 aromatic rings. The Morgan fingerprint density at radius 2 is 1.74 bits per heavy atom. The van der Waals surface area contributed by atoms with Gasteiger partial charge in [0, 0.05) is 24.4 Å². The summed E-state index contributed by atoms with van der Waals surface area (Å²) in [6.45, 7) is 2.44. The zero-order chi connectivity index (χ0) is 19.4. The van der Waals surface area contributed by atoms with Crippen LogP contribution in [0.15, 0.2) is 46.0 Å². The molecular formula is C18H21N3O4S2. The molecule has 1 aliphatic rings. The fourth-order valence-electron chi connectivity index (χ4n) is 2.90. The monoisotopic (exact) mass is 407 g/mol. The summed E-state index contributed by atoms with van der Waals surface area (Å²) in [5.74, 6) is -1.01. The molecule has 0 saturated carbocycles. The Bertz CT molecular complexity index is 901. The van der Waals surface area contributed by atoms with Crippen LogP contribution in [-0.4, -0.2) is 37.6 Å². The molecule has 1 fully saturated rings. The van der Waals surface area contributed by atoms with Crippen molar-refractivity contribution >= 4 is 33.2 Å². The number of hydrogen-bond donors (Lipinski definition) is 2. The Morgan fingerprint density at radius 3 is 2.33 bits per heavy atom. The van der Waals surface area contributed by atoms with Crippen LogP contribution in [0.4, 0.5) is 0 Å². The van der Waals surface area contributed by atoms with Crippen LogP contribution in [0, 0.1) is 12.8 Å². The summed E-state index contributed by atoms with van der Waals surface area (Å²) in [7, 11) is -3.55. The van der Waals surface area contributed by atoms with Gasteiger partial charge in [-0.3, -0.25) is 20.4 Å². The number of rotatable bonds is 4. The van der Waals surface area contributed by atoms with E-state index in [1.54, 1.807) is 41.1 Å². The highest BCUT2D eigenvalue weighted by molar-refractivity contribution is 7.89. The molecule has 1 aliphatic heterocycles. The molecule has 0 bridgehead atoms. The van der Waals surface area contributed by atoms with Crippen molar-refractivity contribution in [3.05, 3.63) is 52.2 Å². The summed E-state index contributed by atoms with van der Waals surface area (Å²) < 4.78 is 26.8. The van der Waals surface area contributed by atoms with Gasteiger partial charge in [-0.25, -0.2) is 8.42 Å². The fraction of sp³-hybridized carbons (Fsp3) is 0.333. The molecule has 9 heteroatoms. The summed E-state index contributed by atoms with van der Waals surface area (Å²) in [6.07, 6.45) is 0.816. The van der Waals surface area contributed by atoms with Crippen LogP contribution in [0.2, 0.25) is 0 Å². The van der Waals surface area contributed by atoms with E-state index in [9.17, 15) is 18.0 Å². The molecule has 144 valence electrons. The number of hydrogen-bond acceptors (Lipinski definition) is 5. The zero-order valence-electron chi connectivity index (χ0n) is 14.8. The van der Waals surface area contributed by atoms with Gasteiger partial charge >= 0.3 is 0 Å². The second kappa shape index (κ2) is 8.20. The minimum absolute atomic E-state index is 0.263. The highest BCUT2D eigenvalue weighted by atomic mass is 32.2. The molecular weight excluding hydrogens is 386 g/mol. The Hall–Kier alpha value is -2.23. The van der Waals surface area contributed by atoms with Gasteiger partial charge in [0.1, 0.15) is 0 Å². The minimum Gasteiger partial charge on any atom is -0.273 e. The number of benzene rings is 1. The van der Waals surface area contributed by atoms with Crippen LogP contribution in [0.5, 0.6) is 0 Å². The lowest BCUT2D eigenvalue weighted by Gasteiger charge is -2.30. The molecule has 0 unspecified atom stereocenters. The number of carbonyl (C=O) groups is 2. The Morgan fingerprint density at radius 1 is 1.07 bits per heavy atom. The van der Waals surface area contributed by atoms with Crippen LogP contribution < -0.4 is 10.9 Å². The van der Waals surface area contributed by atoms with Gasteiger partial charge in [-0.1, -0.05) is 17.7 Å². The topological polar surface area (TPSA) is 95.6 Å². The molecule has 0 atom stereocenters. The van der Waals surface area contributed by atoms with Gasteiger partial charge < -0.3 is 0 Å². The fourth-order valence-corrected chi connectivity index (χ4v) is 5.01. The van der Waals surface area contributed by atoms with Crippen molar-refractivity contribution in [2.24, 2.45) is 5.92 Å². The van der Waals surface area contributed by atoms with E-state index in [2.05, 4.69) is 10.9 Å². The van der Waals surface area contributed by atoms with E-state index in [1.807, 2.05) is 6.92 Å². The summed E-state index contributed by atoms with van der Waals surface area (Å²) in [5.41, 5.74) is 6.30. The van der Waals surface area contributed by atoms with Crippen LogP contribution in [0.1, 0.15) is 28.8 Å². The van der Waals surface area contributed by atoms with E-state index in [4.69, 9.17) is 0 Å². The Labute approximate surface area is 162 Å². The van der Waals surface area contributed by atoms with Crippen molar-refractivity contribution in [1.29, 1.82) is 0 Å². The van der Waals surface area contributed by atoms with Crippen LogP contribution in [0.3, 0.4) is 0 Å². The molecule has 1 aromatic heterocycles. The number of piperidine rings is 1. The average Bonchev–Trinajstić information content (AvgIpc) is 3.21. The molecule has 7 nitrogen and oxygen atoms in total. The van der Waals surface area contributed by atoms with Crippen molar-refractivity contribution < 1.29 is 18.0 Å². The third-order valence-corrected chi connectivity index (χ3v) is 7.16. The van der Waals surface area contributed by atoms with E-state index >= 15 is 0 Å². The van der Waals surface area contributed by atoms with Crippen LogP contribution in [-0.2, 0) is 14.8 Å². The summed E-state index contributed by atoms with van der Waals surface area (Å²) in [6, 6.07) is 8.40. The quantitative estimate of drug-likeness (QED) is 0.757. The van der Waals surface area contributed by atoms with Crippen LogP contribution in [0.25, 0.3) is 0 Å². The first kappa shape index (κ1) is 19.5. The largest absolute Gasteiger partial charge is 0.273 e. The second-order valence-corrected chi connectivity index (χ2v) is 9.16. The molecule has 3 rings (SSSR count). The van der Waals surface area contributed by atoms with Crippen molar-refractivity contribution in [3.8, 4) is 0 Å². The molecule has 1 aromatic carbocycles. The van der Waals surface area contributed by atoms with Gasteiger partial charge in [-0.15, -0.1) is 0 Å². The van der Waals surface area contributed by atoms with E-state index < -0.39 is 10.0 Å². The standard InChI is InChI=1S/C18H21N3O4S2/c1-13-2-4-16(5-3-13)27(24,25)21-9-6-14(7-10-21)17(22)19-20-18(23)15-8-11-26-12-15/h2-5,8,11-12,14H,6-7,9-10H2,1H3,(H,19,22)(H,20,23). The first-order valence-corrected chi connectivity index (χ1v) is 11.0. The maximum absolute atomic E-state index is 12.7. The number of sulfonamides is 1. The number of nitrogens with one attached hydrogen (secondary N) is 2. The van der Waals surface area contributed by atoms with E-state index in [-0.39, 0.29) is 35.7 Å². The smallest absolute Gasteiger partial charge is 0.270 e. The van der Waals surface area contributed by atoms with Gasteiger partial charge in [-0.05, 0) is 43.3 Å². The number of aryl methyl sites for hydroxylation is 1. The summed E-state index contributed by atoms with van der Waals surface area (Å²) in [4.78, 5) is 24.4. The van der Waals surface area contributed by atoms with Crippen molar-refractivity contribution in [3.63, 3.8) is 0 Å². The SMILES string of the molecule is Cc1ccc(S(=O)(=O)N2CCC(C(=O)NNC(=O)c3ccsc3)CC2)cc1. The van der Waals surface area contributed by atoms with Crippen molar-refractivity contribution in [2.75, 3.05) is 13.1 Å². The maximum Gasteiger partial charge on any atom is 0.270 e. The van der Waals surface area contributed by atoms with Crippen LogP contribution >= 0.6 is 11.3 Å².